The van der Waals surface area contributed by atoms with Crippen molar-refractivity contribution in [3.63, 3.8) is 0 Å². The Kier molecular flexibility index (Phi) is 4.70. The van der Waals surface area contributed by atoms with Gasteiger partial charge in [-0.2, -0.15) is 10.1 Å². The summed E-state index contributed by atoms with van der Waals surface area (Å²) in [6.07, 6.45) is 3.52. The number of aliphatic hydroxyl groups is 1. The third kappa shape index (κ3) is 3.40. The van der Waals surface area contributed by atoms with E-state index in [1.165, 1.54) is 4.88 Å². The largest absolute Gasteiger partial charge is 0.396 e. The number of rotatable bonds is 5. The molecule has 0 unspecified atom stereocenters. The van der Waals surface area contributed by atoms with Crippen molar-refractivity contribution in [2.24, 2.45) is 0 Å². The number of anilines is 1. The number of aromatic nitrogens is 3. The Hall–Kier alpha value is -1.96. The van der Waals surface area contributed by atoms with Crippen LogP contribution in [0.15, 0.2) is 52.3 Å². The summed E-state index contributed by atoms with van der Waals surface area (Å²) in [5.74, 6) is 1.50. The van der Waals surface area contributed by atoms with Gasteiger partial charge in [-0.15, -0.1) is 11.3 Å². The lowest BCUT2D eigenvalue weighted by Gasteiger charge is -2.23. The molecule has 0 aliphatic carbocycles. The van der Waals surface area contributed by atoms with Crippen molar-refractivity contribution in [2.75, 3.05) is 11.9 Å². The van der Waals surface area contributed by atoms with Crippen LogP contribution in [0.5, 0.6) is 0 Å². The molecule has 4 rings (SSSR count). The van der Waals surface area contributed by atoms with Gasteiger partial charge < -0.3 is 10.4 Å². The fourth-order valence-corrected chi connectivity index (χ4v) is 3.88. The fraction of sp³-hybridized carbons (Fsp3) is 0.222. The topological polar surface area (TPSA) is 63.0 Å². The molecular formula is C18H17BrN4OS. The molecule has 0 fully saturated rings. The van der Waals surface area contributed by atoms with Gasteiger partial charge in [0, 0.05) is 28.1 Å². The van der Waals surface area contributed by atoms with E-state index in [0.29, 0.717) is 12.8 Å². The van der Waals surface area contributed by atoms with E-state index in [1.807, 2.05) is 16.8 Å². The van der Waals surface area contributed by atoms with Crippen LogP contribution in [0.2, 0.25) is 0 Å². The second-order valence-corrected chi connectivity index (χ2v) is 7.69. The lowest BCUT2D eigenvalue weighted by molar-refractivity contribution is 0.287. The Labute approximate surface area is 158 Å². The van der Waals surface area contributed by atoms with Crippen molar-refractivity contribution in [3.8, 4) is 0 Å². The Morgan fingerprint density at radius 1 is 1.24 bits per heavy atom. The van der Waals surface area contributed by atoms with Gasteiger partial charge in [0.2, 0.25) is 5.95 Å². The minimum Gasteiger partial charge on any atom is -0.396 e. The molecule has 3 heterocycles. The molecule has 1 atom stereocenters. The number of hydrogen-bond donors (Lipinski definition) is 2. The monoisotopic (exact) mass is 416 g/mol. The number of hydrogen-bond acceptors (Lipinski definition) is 5. The van der Waals surface area contributed by atoms with Crippen LogP contribution in [0.3, 0.4) is 0 Å². The minimum absolute atomic E-state index is 0.0188. The minimum atomic E-state index is 0.0188. The zero-order valence-corrected chi connectivity index (χ0v) is 15.8. The Morgan fingerprint density at radius 2 is 2.08 bits per heavy atom. The first-order valence-electron chi connectivity index (χ1n) is 8.09. The van der Waals surface area contributed by atoms with Crippen LogP contribution >= 0.6 is 27.3 Å². The standard InChI is InChI=1S/C18H17BrN4OS/c19-13-7-5-12(6-8-13)14-11-15(16-3-2-10-25-16)23-18(20-14)21-17(22-23)4-1-9-24/h2-3,5-8,10-11,15,24H,1,4,9H2,(H,20,21,22)/t15-/m0/s1. The molecule has 5 nitrogen and oxygen atoms in total. The van der Waals surface area contributed by atoms with Crippen LogP contribution in [0.4, 0.5) is 5.95 Å². The molecular weight excluding hydrogens is 400 g/mol. The first-order valence-corrected chi connectivity index (χ1v) is 9.76. The van der Waals surface area contributed by atoms with Gasteiger partial charge in [-0.25, -0.2) is 4.68 Å². The van der Waals surface area contributed by atoms with E-state index in [2.05, 4.69) is 67.1 Å². The molecule has 2 aromatic heterocycles. The number of allylic oxidation sites excluding steroid dienone is 1. The molecule has 0 saturated carbocycles. The van der Waals surface area contributed by atoms with E-state index in [0.717, 1.165) is 27.5 Å². The van der Waals surface area contributed by atoms with E-state index in [9.17, 15) is 0 Å². The number of aliphatic hydroxyl groups excluding tert-OH is 1. The maximum absolute atomic E-state index is 9.06. The molecule has 0 spiro atoms. The Balaban J connectivity index is 1.74. The maximum atomic E-state index is 9.06. The highest BCUT2D eigenvalue weighted by Crippen LogP contribution is 2.34. The van der Waals surface area contributed by atoms with Crippen molar-refractivity contribution in [1.82, 2.24) is 14.8 Å². The van der Waals surface area contributed by atoms with Crippen LogP contribution in [-0.4, -0.2) is 26.5 Å². The van der Waals surface area contributed by atoms with Gasteiger partial charge in [-0.1, -0.05) is 34.1 Å². The summed E-state index contributed by atoms with van der Waals surface area (Å²) >= 11 is 5.19. The molecule has 0 saturated heterocycles. The number of benzene rings is 1. The van der Waals surface area contributed by atoms with Crippen LogP contribution in [0.25, 0.3) is 5.70 Å². The lowest BCUT2D eigenvalue weighted by Crippen LogP contribution is -2.19. The van der Waals surface area contributed by atoms with E-state index >= 15 is 0 Å². The van der Waals surface area contributed by atoms with Crippen molar-refractivity contribution in [2.45, 2.75) is 18.9 Å². The summed E-state index contributed by atoms with van der Waals surface area (Å²) in [5.41, 5.74) is 2.13. The quantitative estimate of drug-likeness (QED) is 0.657. The molecule has 1 aliphatic heterocycles. The molecule has 7 heteroatoms. The number of fused-ring (bicyclic) bond motifs is 1. The van der Waals surface area contributed by atoms with Crippen LogP contribution in [-0.2, 0) is 6.42 Å². The molecule has 25 heavy (non-hydrogen) atoms. The van der Waals surface area contributed by atoms with Gasteiger partial charge in [0.15, 0.2) is 5.82 Å². The Morgan fingerprint density at radius 3 is 2.80 bits per heavy atom. The normalized spacial score (nSPS) is 16.2. The van der Waals surface area contributed by atoms with E-state index in [1.54, 1.807) is 11.3 Å². The predicted molar refractivity (Wildman–Crippen MR) is 104 cm³/mol. The van der Waals surface area contributed by atoms with Crippen molar-refractivity contribution >= 4 is 38.9 Å². The first kappa shape index (κ1) is 16.5. The third-order valence-corrected chi connectivity index (χ3v) is 5.53. The average molecular weight is 417 g/mol. The summed E-state index contributed by atoms with van der Waals surface area (Å²) < 4.78 is 2.98. The molecule has 0 bridgehead atoms. The van der Waals surface area contributed by atoms with Gasteiger partial charge >= 0.3 is 0 Å². The SMILES string of the molecule is OCCCc1nc2n(n1)[C@H](c1cccs1)C=C(c1ccc(Br)cc1)N2. The predicted octanol–water partition coefficient (Wildman–Crippen LogP) is 4.08. The molecule has 2 N–H and O–H groups in total. The third-order valence-electron chi connectivity index (χ3n) is 4.06. The fourth-order valence-electron chi connectivity index (χ4n) is 2.84. The summed E-state index contributed by atoms with van der Waals surface area (Å²) in [4.78, 5) is 5.84. The summed E-state index contributed by atoms with van der Waals surface area (Å²) in [5, 5.41) is 19.2. The molecule has 128 valence electrons. The smallest absolute Gasteiger partial charge is 0.226 e. The molecule has 0 amide bonds. The average Bonchev–Trinajstić information content (AvgIpc) is 3.29. The Bertz CT molecular complexity index is 886. The highest BCUT2D eigenvalue weighted by atomic mass is 79.9. The zero-order chi connectivity index (χ0) is 17.2. The highest BCUT2D eigenvalue weighted by molar-refractivity contribution is 9.10. The number of nitrogens with one attached hydrogen (secondary N) is 1. The zero-order valence-electron chi connectivity index (χ0n) is 13.4. The van der Waals surface area contributed by atoms with Gasteiger partial charge in [-0.05, 0) is 41.6 Å². The van der Waals surface area contributed by atoms with Crippen molar-refractivity contribution in [1.29, 1.82) is 0 Å². The van der Waals surface area contributed by atoms with Gasteiger partial charge in [-0.3, -0.25) is 0 Å². The number of thiophene rings is 1. The van der Waals surface area contributed by atoms with E-state index in [-0.39, 0.29) is 12.6 Å². The molecule has 0 radical (unpaired) electrons. The van der Waals surface area contributed by atoms with E-state index < -0.39 is 0 Å². The van der Waals surface area contributed by atoms with Crippen LogP contribution in [0, 0.1) is 0 Å². The first-order chi connectivity index (χ1) is 12.2. The molecule has 1 aromatic carbocycles. The second kappa shape index (κ2) is 7.11. The molecule has 3 aromatic rings. The van der Waals surface area contributed by atoms with Crippen molar-refractivity contribution in [3.05, 3.63) is 68.6 Å². The number of aryl methyl sites for hydroxylation is 1. The van der Waals surface area contributed by atoms with E-state index in [4.69, 9.17) is 5.11 Å². The summed E-state index contributed by atoms with van der Waals surface area (Å²) in [7, 11) is 0. The molecule has 1 aliphatic rings. The van der Waals surface area contributed by atoms with Gasteiger partial charge in [0.1, 0.15) is 6.04 Å². The highest BCUT2D eigenvalue weighted by Gasteiger charge is 2.25. The second-order valence-electron chi connectivity index (χ2n) is 5.80. The van der Waals surface area contributed by atoms with Crippen molar-refractivity contribution < 1.29 is 5.11 Å². The van der Waals surface area contributed by atoms with Gasteiger partial charge in [0.25, 0.3) is 0 Å². The maximum Gasteiger partial charge on any atom is 0.226 e. The summed E-state index contributed by atoms with van der Waals surface area (Å²) in [6.45, 7) is 0.147. The number of nitrogens with zero attached hydrogens (tertiary/aromatic N) is 3. The lowest BCUT2D eigenvalue weighted by atomic mass is 10.1. The van der Waals surface area contributed by atoms with Gasteiger partial charge in [0.05, 0.1) is 0 Å². The number of halogens is 1. The van der Waals surface area contributed by atoms with Crippen LogP contribution in [0.1, 0.15) is 28.7 Å². The summed E-state index contributed by atoms with van der Waals surface area (Å²) in [6, 6.07) is 12.4. The van der Waals surface area contributed by atoms with Crippen LogP contribution < -0.4 is 5.32 Å².